The van der Waals surface area contributed by atoms with Gasteiger partial charge in [0.25, 0.3) is 5.91 Å². The first kappa shape index (κ1) is 17.8. The van der Waals surface area contributed by atoms with E-state index in [-0.39, 0.29) is 5.91 Å². The van der Waals surface area contributed by atoms with Crippen LogP contribution < -0.4 is 10.5 Å². The summed E-state index contributed by atoms with van der Waals surface area (Å²) in [5, 5.41) is 4.68. The van der Waals surface area contributed by atoms with Crippen molar-refractivity contribution in [3.63, 3.8) is 0 Å². The molecule has 1 aliphatic heterocycles. The van der Waals surface area contributed by atoms with Gasteiger partial charge in [-0.2, -0.15) is 5.10 Å². The molecule has 3 aromatic rings. The fourth-order valence-corrected chi connectivity index (χ4v) is 3.69. The second-order valence-corrected chi connectivity index (χ2v) is 6.80. The van der Waals surface area contributed by atoms with E-state index in [1.54, 1.807) is 16.5 Å². The molecular weight excluding hydrogens is 358 g/mol. The Balaban J connectivity index is 1.86. The van der Waals surface area contributed by atoms with Crippen LogP contribution in [0, 0.1) is 6.92 Å². The number of hydrogen-bond acceptors (Lipinski definition) is 4. The quantitative estimate of drug-likeness (QED) is 0.675. The average molecular weight is 379 g/mol. The molecule has 2 amide bonds. The standard InChI is InChI=1S/C20H21N5O3/c1-4-16(26)24-8-7-14-13(10-24)22-20-17(19(21)27)18(23-25(14)20)12-6-5-11(2)15(9-12)28-3/h4-6,9,22H,1,7-8,10H2,2-3H3,(H2,21,27). The fraction of sp³-hybridized carbons (Fsp3) is 0.250. The second kappa shape index (κ2) is 6.56. The van der Waals surface area contributed by atoms with Gasteiger partial charge in [-0.1, -0.05) is 18.7 Å². The number of fused-ring (bicyclic) bond motifs is 3. The van der Waals surface area contributed by atoms with E-state index in [9.17, 15) is 9.59 Å². The lowest BCUT2D eigenvalue weighted by Gasteiger charge is -2.25. The number of primary amides is 1. The molecular formula is C20H21N5O3. The van der Waals surface area contributed by atoms with Crippen molar-refractivity contribution in [2.24, 2.45) is 5.73 Å². The monoisotopic (exact) mass is 379 g/mol. The van der Waals surface area contributed by atoms with E-state index in [2.05, 4.69) is 16.7 Å². The van der Waals surface area contributed by atoms with Gasteiger partial charge in [0.1, 0.15) is 22.7 Å². The van der Waals surface area contributed by atoms with Crippen LogP contribution in [-0.4, -0.2) is 45.0 Å². The Hall–Kier alpha value is -3.55. The smallest absolute Gasteiger partial charge is 0.254 e. The van der Waals surface area contributed by atoms with Crippen molar-refractivity contribution in [1.29, 1.82) is 0 Å². The molecule has 3 N–H and O–H groups in total. The average Bonchev–Trinajstić information content (AvgIpc) is 3.22. The first-order valence-electron chi connectivity index (χ1n) is 8.93. The highest BCUT2D eigenvalue weighted by Gasteiger charge is 2.28. The van der Waals surface area contributed by atoms with E-state index in [0.29, 0.717) is 42.2 Å². The third-order valence-electron chi connectivity index (χ3n) is 5.14. The first-order valence-corrected chi connectivity index (χ1v) is 8.93. The molecule has 4 rings (SSSR count). The number of aromatic amines is 1. The molecule has 0 radical (unpaired) electrons. The number of carbonyl (C=O) groups is 2. The van der Waals surface area contributed by atoms with Gasteiger partial charge in [0.15, 0.2) is 0 Å². The number of aromatic nitrogens is 3. The Labute approximate surface area is 161 Å². The third-order valence-corrected chi connectivity index (χ3v) is 5.14. The molecule has 0 fully saturated rings. The summed E-state index contributed by atoms with van der Waals surface area (Å²) in [6.07, 6.45) is 1.92. The highest BCUT2D eigenvalue weighted by molar-refractivity contribution is 6.05. The van der Waals surface area contributed by atoms with Crippen LogP contribution in [0.15, 0.2) is 30.9 Å². The van der Waals surface area contributed by atoms with E-state index in [1.807, 2.05) is 25.1 Å². The van der Waals surface area contributed by atoms with Crippen molar-refractivity contribution < 1.29 is 14.3 Å². The van der Waals surface area contributed by atoms with Crippen molar-refractivity contribution in [3.8, 4) is 17.0 Å². The first-order chi connectivity index (χ1) is 13.4. The molecule has 0 aliphatic carbocycles. The minimum Gasteiger partial charge on any atom is -0.496 e. The van der Waals surface area contributed by atoms with Crippen LogP contribution in [0.1, 0.15) is 27.3 Å². The summed E-state index contributed by atoms with van der Waals surface area (Å²) in [4.78, 5) is 29.1. The highest BCUT2D eigenvalue weighted by atomic mass is 16.5. The summed E-state index contributed by atoms with van der Waals surface area (Å²) in [7, 11) is 1.60. The number of imidazole rings is 1. The largest absolute Gasteiger partial charge is 0.496 e. The predicted octanol–water partition coefficient (Wildman–Crippen LogP) is 1.82. The van der Waals surface area contributed by atoms with Gasteiger partial charge < -0.3 is 20.4 Å². The zero-order chi connectivity index (χ0) is 20.0. The van der Waals surface area contributed by atoms with E-state index in [4.69, 9.17) is 10.5 Å². The molecule has 144 valence electrons. The summed E-state index contributed by atoms with van der Waals surface area (Å²) in [6, 6.07) is 5.66. The predicted molar refractivity (Wildman–Crippen MR) is 104 cm³/mol. The molecule has 0 saturated carbocycles. The number of carbonyl (C=O) groups excluding carboxylic acids is 2. The van der Waals surface area contributed by atoms with Crippen LogP contribution in [0.4, 0.5) is 0 Å². The number of H-pyrrole nitrogens is 1. The molecule has 1 aromatic carbocycles. The van der Waals surface area contributed by atoms with Gasteiger partial charge in [0.05, 0.1) is 25.0 Å². The zero-order valence-corrected chi connectivity index (χ0v) is 15.8. The lowest BCUT2D eigenvalue weighted by Crippen LogP contribution is -2.35. The minimum atomic E-state index is -0.567. The maximum atomic E-state index is 12.3. The molecule has 8 nitrogen and oxygen atoms in total. The SMILES string of the molecule is C=CC(=O)N1CCc2c([nH]c3c(C(N)=O)c(-c4ccc(C)c(OC)c4)nn23)C1. The van der Waals surface area contributed by atoms with Crippen molar-refractivity contribution in [1.82, 2.24) is 19.5 Å². The number of methoxy groups -OCH3 is 1. The maximum Gasteiger partial charge on any atom is 0.254 e. The van der Waals surface area contributed by atoms with Crippen LogP contribution in [-0.2, 0) is 17.8 Å². The van der Waals surface area contributed by atoms with Crippen molar-refractivity contribution in [3.05, 3.63) is 53.4 Å². The van der Waals surface area contributed by atoms with Gasteiger partial charge in [0, 0.05) is 18.5 Å². The Morgan fingerprint density at radius 3 is 2.86 bits per heavy atom. The van der Waals surface area contributed by atoms with Gasteiger partial charge >= 0.3 is 0 Å². The number of hydrogen-bond donors (Lipinski definition) is 2. The van der Waals surface area contributed by atoms with E-state index in [1.165, 1.54) is 6.08 Å². The summed E-state index contributed by atoms with van der Waals surface area (Å²) in [6.45, 7) is 6.45. The Kier molecular flexibility index (Phi) is 4.18. The molecule has 1 aliphatic rings. The Morgan fingerprint density at radius 1 is 1.39 bits per heavy atom. The Morgan fingerprint density at radius 2 is 2.18 bits per heavy atom. The van der Waals surface area contributed by atoms with Gasteiger partial charge in [-0.05, 0) is 24.6 Å². The Bertz CT molecular complexity index is 1120. The van der Waals surface area contributed by atoms with Crippen LogP contribution in [0.5, 0.6) is 5.75 Å². The molecule has 2 aromatic heterocycles. The summed E-state index contributed by atoms with van der Waals surface area (Å²) in [5.41, 5.74) is 10.6. The van der Waals surface area contributed by atoms with Gasteiger partial charge in [-0.25, -0.2) is 4.52 Å². The van der Waals surface area contributed by atoms with E-state index in [0.717, 1.165) is 22.5 Å². The number of nitrogens with zero attached hydrogens (tertiary/aromatic N) is 3. The van der Waals surface area contributed by atoms with Crippen LogP contribution >= 0.6 is 0 Å². The molecule has 0 atom stereocenters. The number of nitrogens with one attached hydrogen (secondary N) is 1. The summed E-state index contributed by atoms with van der Waals surface area (Å²) in [5.74, 6) is 0.0211. The topological polar surface area (TPSA) is 106 Å². The maximum absolute atomic E-state index is 12.3. The normalized spacial score (nSPS) is 13.4. The number of amides is 2. The van der Waals surface area contributed by atoms with Gasteiger partial charge in [-0.15, -0.1) is 0 Å². The second-order valence-electron chi connectivity index (χ2n) is 6.80. The van der Waals surface area contributed by atoms with Crippen molar-refractivity contribution in [2.75, 3.05) is 13.7 Å². The van der Waals surface area contributed by atoms with Crippen LogP contribution in [0.2, 0.25) is 0 Å². The molecule has 3 heterocycles. The van der Waals surface area contributed by atoms with Gasteiger partial charge in [-0.3, -0.25) is 9.59 Å². The number of ether oxygens (including phenoxy) is 1. The number of rotatable bonds is 4. The molecule has 8 heteroatoms. The molecule has 28 heavy (non-hydrogen) atoms. The van der Waals surface area contributed by atoms with E-state index >= 15 is 0 Å². The number of benzene rings is 1. The molecule has 0 unspecified atom stereocenters. The molecule has 0 bridgehead atoms. The lowest BCUT2D eigenvalue weighted by atomic mass is 10.0. The van der Waals surface area contributed by atoms with E-state index < -0.39 is 5.91 Å². The summed E-state index contributed by atoms with van der Waals surface area (Å²) >= 11 is 0. The van der Waals surface area contributed by atoms with Crippen molar-refractivity contribution >= 4 is 17.5 Å². The molecule has 0 spiro atoms. The lowest BCUT2D eigenvalue weighted by molar-refractivity contribution is -0.126. The minimum absolute atomic E-state index is 0.125. The fourth-order valence-electron chi connectivity index (χ4n) is 3.69. The molecule has 0 saturated heterocycles. The zero-order valence-electron chi connectivity index (χ0n) is 15.8. The van der Waals surface area contributed by atoms with Crippen LogP contribution in [0.3, 0.4) is 0 Å². The third kappa shape index (κ3) is 2.65. The number of nitrogens with two attached hydrogens (primary N) is 1. The highest BCUT2D eigenvalue weighted by Crippen LogP contribution is 2.32. The summed E-state index contributed by atoms with van der Waals surface area (Å²) < 4.78 is 7.12. The van der Waals surface area contributed by atoms with Crippen LogP contribution in [0.25, 0.3) is 16.9 Å². The van der Waals surface area contributed by atoms with Gasteiger partial charge in [0.2, 0.25) is 5.91 Å². The number of aryl methyl sites for hydroxylation is 1. The van der Waals surface area contributed by atoms with Crippen molar-refractivity contribution in [2.45, 2.75) is 19.9 Å².